The molecule has 1 unspecified atom stereocenters. The predicted octanol–water partition coefficient (Wildman–Crippen LogP) is 3.76. The molecule has 2 rings (SSSR count). The number of rotatable bonds is 5. The van der Waals surface area contributed by atoms with Crippen molar-refractivity contribution in [1.29, 1.82) is 0 Å². The Hall–Kier alpha value is -2.10. The average molecular weight is 270 g/mol. The maximum atomic E-state index is 4.52. The van der Waals surface area contributed by atoms with E-state index in [0.29, 0.717) is 6.04 Å². The number of anilines is 3. The molecule has 0 radical (unpaired) electrons. The van der Waals surface area contributed by atoms with Crippen LogP contribution in [0.4, 0.5) is 17.3 Å². The molecule has 0 bridgehead atoms. The fourth-order valence-electron chi connectivity index (χ4n) is 1.94. The van der Waals surface area contributed by atoms with Gasteiger partial charge in [-0.05, 0) is 32.4 Å². The molecule has 0 spiro atoms. The summed E-state index contributed by atoms with van der Waals surface area (Å²) in [5.74, 6) is 2.55. The van der Waals surface area contributed by atoms with E-state index in [2.05, 4.69) is 46.2 Å². The first kappa shape index (κ1) is 14.3. The Labute approximate surface area is 120 Å². The predicted molar refractivity (Wildman–Crippen MR) is 84.6 cm³/mol. The minimum Gasteiger partial charge on any atom is -0.367 e. The van der Waals surface area contributed by atoms with Crippen LogP contribution < -0.4 is 10.2 Å². The molecule has 4 nitrogen and oxygen atoms in total. The van der Waals surface area contributed by atoms with Crippen LogP contribution in [0.15, 0.2) is 36.4 Å². The van der Waals surface area contributed by atoms with E-state index in [4.69, 9.17) is 0 Å². The lowest BCUT2D eigenvalue weighted by molar-refractivity contribution is 0.757. The first-order chi connectivity index (χ1) is 9.60. The topological polar surface area (TPSA) is 41.0 Å². The molecule has 0 saturated heterocycles. The Morgan fingerprint density at radius 3 is 2.55 bits per heavy atom. The minimum absolute atomic E-state index is 0.402. The van der Waals surface area contributed by atoms with Crippen LogP contribution in [0.1, 0.15) is 26.1 Å². The third-order valence-electron chi connectivity index (χ3n) is 3.32. The van der Waals surface area contributed by atoms with Gasteiger partial charge < -0.3 is 10.2 Å². The molecule has 0 fully saturated rings. The van der Waals surface area contributed by atoms with E-state index in [1.165, 1.54) is 0 Å². The summed E-state index contributed by atoms with van der Waals surface area (Å²) >= 11 is 0. The lowest BCUT2D eigenvalue weighted by atomic mass is 10.2. The van der Waals surface area contributed by atoms with Crippen LogP contribution in [0, 0.1) is 6.92 Å². The zero-order valence-electron chi connectivity index (χ0n) is 12.6. The Morgan fingerprint density at radius 1 is 1.20 bits per heavy atom. The molecule has 0 saturated carbocycles. The van der Waals surface area contributed by atoms with Crippen LogP contribution in [0.2, 0.25) is 0 Å². The lowest BCUT2D eigenvalue weighted by Crippen LogP contribution is -2.17. The Kier molecular flexibility index (Phi) is 4.56. The van der Waals surface area contributed by atoms with E-state index in [-0.39, 0.29) is 0 Å². The van der Waals surface area contributed by atoms with Gasteiger partial charge in [0.1, 0.15) is 17.5 Å². The van der Waals surface area contributed by atoms with Gasteiger partial charge in [0.25, 0.3) is 0 Å². The number of aryl methyl sites for hydroxylation is 1. The summed E-state index contributed by atoms with van der Waals surface area (Å²) in [6, 6.07) is 12.6. The number of benzene rings is 1. The van der Waals surface area contributed by atoms with Gasteiger partial charge in [0.2, 0.25) is 0 Å². The summed E-state index contributed by atoms with van der Waals surface area (Å²) in [5.41, 5.74) is 1.11. The summed E-state index contributed by atoms with van der Waals surface area (Å²) in [4.78, 5) is 11.0. The van der Waals surface area contributed by atoms with Crippen molar-refractivity contribution in [1.82, 2.24) is 9.97 Å². The van der Waals surface area contributed by atoms with Gasteiger partial charge in [-0.25, -0.2) is 9.97 Å². The second-order valence-electron chi connectivity index (χ2n) is 5.01. The molecule has 20 heavy (non-hydrogen) atoms. The summed E-state index contributed by atoms with van der Waals surface area (Å²) in [6.07, 6.45) is 1.06. The van der Waals surface area contributed by atoms with Gasteiger partial charge in [-0.1, -0.05) is 25.1 Å². The van der Waals surface area contributed by atoms with Crippen LogP contribution in [0.3, 0.4) is 0 Å². The Bertz CT molecular complexity index is 554. The van der Waals surface area contributed by atoms with Crippen molar-refractivity contribution in [3.05, 3.63) is 42.2 Å². The lowest BCUT2D eigenvalue weighted by Gasteiger charge is -2.20. The summed E-state index contributed by atoms with van der Waals surface area (Å²) < 4.78 is 0. The zero-order valence-corrected chi connectivity index (χ0v) is 12.6. The van der Waals surface area contributed by atoms with Crippen molar-refractivity contribution in [2.24, 2.45) is 0 Å². The smallest absolute Gasteiger partial charge is 0.138 e. The van der Waals surface area contributed by atoms with Gasteiger partial charge in [0, 0.05) is 24.8 Å². The van der Waals surface area contributed by atoms with Gasteiger partial charge >= 0.3 is 0 Å². The molecule has 0 amide bonds. The number of aromatic nitrogens is 2. The van der Waals surface area contributed by atoms with E-state index in [0.717, 1.165) is 29.6 Å². The fourth-order valence-corrected chi connectivity index (χ4v) is 1.94. The van der Waals surface area contributed by atoms with Crippen LogP contribution in [-0.2, 0) is 0 Å². The van der Waals surface area contributed by atoms with E-state index < -0.39 is 0 Å². The Morgan fingerprint density at radius 2 is 1.90 bits per heavy atom. The molecule has 0 aliphatic heterocycles. The highest BCUT2D eigenvalue weighted by Crippen LogP contribution is 2.23. The molecule has 0 aliphatic carbocycles. The number of hydrogen-bond donors (Lipinski definition) is 1. The third kappa shape index (κ3) is 3.47. The third-order valence-corrected chi connectivity index (χ3v) is 3.32. The second kappa shape index (κ2) is 6.37. The zero-order chi connectivity index (χ0) is 14.5. The molecule has 2 aromatic rings. The molecular formula is C16H22N4. The highest BCUT2D eigenvalue weighted by Gasteiger charge is 2.09. The summed E-state index contributed by atoms with van der Waals surface area (Å²) in [5, 5.41) is 3.40. The van der Waals surface area contributed by atoms with Gasteiger partial charge in [-0.3, -0.25) is 0 Å². The second-order valence-corrected chi connectivity index (χ2v) is 5.01. The van der Waals surface area contributed by atoms with E-state index in [9.17, 15) is 0 Å². The Balaban J connectivity index is 2.28. The van der Waals surface area contributed by atoms with E-state index in [1.54, 1.807) is 0 Å². The number of para-hydroxylation sites is 1. The monoisotopic (exact) mass is 270 g/mol. The largest absolute Gasteiger partial charge is 0.367 e. The van der Waals surface area contributed by atoms with Gasteiger partial charge in [0.15, 0.2) is 0 Å². The molecule has 1 aromatic heterocycles. The van der Waals surface area contributed by atoms with E-state index in [1.807, 2.05) is 38.2 Å². The first-order valence-electron chi connectivity index (χ1n) is 7.01. The highest BCUT2D eigenvalue weighted by molar-refractivity contribution is 5.61. The number of nitrogens with one attached hydrogen (secondary N) is 1. The van der Waals surface area contributed by atoms with Gasteiger partial charge in [0.05, 0.1) is 0 Å². The van der Waals surface area contributed by atoms with Crippen LogP contribution in [-0.4, -0.2) is 23.1 Å². The van der Waals surface area contributed by atoms with Crippen molar-refractivity contribution >= 4 is 17.3 Å². The molecule has 1 N–H and O–H groups in total. The molecule has 1 atom stereocenters. The quantitative estimate of drug-likeness (QED) is 0.898. The highest BCUT2D eigenvalue weighted by atomic mass is 15.2. The molecule has 1 aromatic carbocycles. The molecule has 1 heterocycles. The van der Waals surface area contributed by atoms with Gasteiger partial charge in [-0.2, -0.15) is 0 Å². The SMILES string of the molecule is CCC(C)Nc1cc(N(C)c2ccccc2)nc(C)n1. The average Bonchev–Trinajstić information content (AvgIpc) is 2.46. The van der Waals surface area contributed by atoms with Crippen LogP contribution in [0.5, 0.6) is 0 Å². The first-order valence-corrected chi connectivity index (χ1v) is 7.01. The van der Waals surface area contributed by atoms with Crippen molar-refractivity contribution < 1.29 is 0 Å². The summed E-state index contributed by atoms with van der Waals surface area (Å²) in [7, 11) is 2.02. The van der Waals surface area contributed by atoms with Crippen molar-refractivity contribution in [2.45, 2.75) is 33.2 Å². The fraction of sp³-hybridized carbons (Fsp3) is 0.375. The molecule has 4 heteroatoms. The minimum atomic E-state index is 0.402. The standard InChI is InChI=1S/C16H22N4/c1-5-12(2)17-15-11-16(19-13(3)18-15)20(4)14-9-7-6-8-10-14/h6-12H,5H2,1-4H3,(H,17,18,19). The maximum absolute atomic E-state index is 4.52. The van der Waals surface area contributed by atoms with Crippen LogP contribution >= 0.6 is 0 Å². The van der Waals surface area contributed by atoms with Crippen molar-refractivity contribution in [2.75, 3.05) is 17.3 Å². The van der Waals surface area contributed by atoms with Crippen molar-refractivity contribution in [3.63, 3.8) is 0 Å². The molecular weight excluding hydrogens is 248 g/mol. The van der Waals surface area contributed by atoms with Gasteiger partial charge in [-0.15, -0.1) is 0 Å². The molecule has 0 aliphatic rings. The summed E-state index contributed by atoms with van der Waals surface area (Å²) in [6.45, 7) is 6.23. The number of nitrogens with zero attached hydrogens (tertiary/aromatic N) is 3. The van der Waals surface area contributed by atoms with Crippen molar-refractivity contribution in [3.8, 4) is 0 Å². The number of hydrogen-bond acceptors (Lipinski definition) is 4. The van der Waals surface area contributed by atoms with E-state index >= 15 is 0 Å². The van der Waals surface area contributed by atoms with Crippen LogP contribution in [0.25, 0.3) is 0 Å². The normalized spacial score (nSPS) is 12.0. The molecule has 106 valence electrons. The maximum Gasteiger partial charge on any atom is 0.138 e.